The standard InChI is InChI=1S/C17H27F3O4Si/c1-12(11-22-25(5,6)16(2,3)4)23-14-7-13(10-21)8-15(9-14)24-17(18,19)20/h7-9,12,21H,10-11H2,1-6H3/t12-/m0/s1. The van der Waals surface area contributed by atoms with E-state index in [4.69, 9.17) is 9.16 Å². The van der Waals surface area contributed by atoms with E-state index in [2.05, 4.69) is 38.6 Å². The number of hydrogen-bond acceptors (Lipinski definition) is 4. The Morgan fingerprint density at radius 2 is 1.64 bits per heavy atom. The zero-order valence-corrected chi connectivity index (χ0v) is 16.5. The largest absolute Gasteiger partial charge is 0.573 e. The topological polar surface area (TPSA) is 47.9 Å². The van der Waals surface area contributed by atoms with Crippen LogP contribution in [-0.4, -0.2) is 32.5 Å². The fourth-order valence-electron chi connectivity index (χ4n) is 1.79. The number of hydrogen-bond donors (Lipinski definition) is 1. The molecular weight excluding hydrogens is 353 g/mol. The van der Waals surface area contributed by atoms with Crippen LogP contribution in [0.25, 0.3) is 0 Å². The Balaban J connectivity index is 2.79. The number of rotatable bonds is 7. The molecule has 1 N–H and O–H groups in total. The zero-order valence-electron chi connectivity index (χ0n) is 15.5. The molecule has 0 aromatic heterocycles. The van der Waals surface area contributed by atoms with Crippen molar-refractivity contribution in [2.75, 3.05) is 6.61 Å². The SMILES string of the molecule is C[C@@H](CO[Si](C)(C)C(C)(C)C)Oc1cc(CO)cc(OC(F)(F)F)c1. The van der Waals surface area contributed by atoms with Crippen molar-refractivity contribution in [3.8, 4) is 11.5 Å². The first-order valence-electron chi connectivity index (χ1n) is 8.05. The second-order valence-corrected chi connectivity index (χ2v) is 12.3. The van der Waals surface area contributed by atoms with Crippen molar-refractivity contribution in [2.24, 2.45) is 0 Å². The lowest BCUT2D eigenvalue weighted by Crippen LogP contribution is -2.43. The molecule has 0 spiro atoms. The van der Waals surface area contributed by atoms with Crippen LogP contribution in [0, 0.1) is 0 Å². The van der Waals surface area contributed by atoms with Crippen LogP contribution in [0.2, 0.25) is 18.1 Å². The van der Waals surface area contributed by atoms with Crippen LogP contribution < -0.4 is 9.47 Å². The summed E-state index contributed by atoms with van der Waals surface area (Å²) in [4.78, 5) is 0. The molecule has 0 saturated heterocycles. The fraction of sp³-hybridized carbons (Fsp3) is 0.647. The zero-order chi connectivity index (χ0) is 19.5. The number of aliphatic hydroxyl groups excluding tert-OH is 1. The molecule has 8 heteroatoms. The highest BCUT2D eigenvalue weighted by Crippen LogP contribution is 2.36. The highest BCUT2D eigenvalue weighted by atomic mass is 28.4. The molecule has 0 radical (unpaired) electrons. The number of alkyl halides is 3. The minimum atomic E-state index is -4.80. The van der Waals surface area contributed by atoms with Crippen molar-refractivity contribution in [2.45, 2.75) is 64.9 Å². The first-order chi connectivity index (χ1) is 11.2. The molecule has 0 saturated carbocycles. The van der Waals surface area contributed by atoms with Gasteiger partial charge in [-0.05, 0) is 42.8 Å². The van der Waals surface area contributed by atoms with E-state index in [1.165, 1.54) is 6.07 Å². The summed E-state index contributed by atoms with van der Waals surface area (Å²) in [5.41, 5.74) is 0.272. The Kier molecular flexibility index (Phi) is 6.94. The maximum Gasteiger partial charge on any atom is 0.573 e. The lowest BCUT2D eigenvalue weighted by Gasteiger charge is -2.36. The normalized spacial score (nSPS) is 14.3. The first kappa shape index (κ1) is 21.8. The van der Waals surface area contributed by atoms with Crippen LogP contribution in [0.3, 0.4) is 0 Å². The van der Waals surface area contributed by atoms with Crippen molar-refractivity contribution in [1.29, 1.82) is 0 Å². The predicted octanol–water partition coefficient (Wildman–Crippen LogP) is 4.87. The molecule has 1 atom stereocenters. The molecule has 1 aromatic rings. The maximum atomic E-state index is 12.4. The predicted molar refractivity (Wildman–Crippen MR) is 92.3 cm³/mol. The molecule has 0 bridgehead atoms. The lowest BCUT2D eigenvalue weighted by molar-refractivity contribution is -0.274. The van der Waals surface area contributed by atoms with E-state index < -0.39 is 27.0 Å². The minimum Gasteiger partial charge on any atom is -0.488 e. The maximum absolute atomic E-state index is 12.4. The van der Waals surface area contributed by atoms with Crippen LogP contribution in [0.15, 0.2) is 18.2 Å². The van der Waals surface area contributed by atoms with Crippen molar-refractivity contribution in [3.05, 3.63) is 23.8 Å². The summed E-state index contributed by atoms with van der Waals surface area (Å²) in [6.07, 6.45) is -5.16. The summed E-state index contributed by atoms with van der Waals surface area (Å²) in [6.45, 7) is 12.3. The van der Waals surface area contributed by atoms with Crippen molar-refractivity contribution in [1.82, 2.24) is 0 Å². The van der Waals surface area contributed by atoms with E-state index in [-0.39, 0.29) is 22.5 Å². The van der Waals surface area contributed by atoms with Crippen molar-refractivity contribution >= 4 is 8.32 Å². The molecule has 0 fully saturated rings. The molecule has 25 heavy (non-hydrogen) atoms. The van der Waals surface area contributed by atoms with Crippen LogP contribution in [0.4, 0.5) is 13.2 Å². The van der Waals surface area contributed by atoms with Gasteiger partial charge in [0.05, 0.1) is 13.2 Å². The van der Waals surface area contributed by atoms with Gasteiger partial charge in [-0.1, -0.05) is 20.8 Å². The van der Waals surface area contributed by atoms with Gasteiger partial charge in [0.25, 0.3) is 0 Å². The number of aliphatic hydroxyl groups is 1. The van der Waals surface area contributed by atoms with Gasteiger partial charge in [0.1, 0.15) is 17.6 Å². The summed E-state index contributed by atoms with van der Waals surface area (Å²) in [6, 6.07) is 3.75. The summed E-state index contributed by atoms with van der Waals surface area (Å²) in [7, 11) is -1.94. The molecule has 0 aliphatic heterocycles. The van der Waals surface area contributed by atoms with Gasteiger partial charge in [0, 0.05) is 6.07 Å². The monoisotopic (exact) mass is 380 g/mol. The van der Waals surface area contributed by atoms with Crippen LogP contribution in [0.5, 0.6) is 11.5 Å². The molecule has 4 nitrogen and oxygen atoms in total. The number of ether oxygens (including phenoxy) is 2. The third kappa shape index (κ3) is 7.25. The molecular formula is C17H27F3O4Si. The Morgan fingerprint density at radius 3 is 2.12 bits per heavy atom. The average Bonchev–Trinajstić information content (AvgIpc) is 2.41. The van der Waals surface area contributed by atoms with Crippen LogP contribution in [-0.2, 0) is 11.0 Å². The molecule has 0 heterocycles. The van der Waals surface area contributed by atoms with Gasteiger partial charge in [-0.25, -0.2) is 0 Å². The van der Waals surface area contributed by atoms with E-state index in [0.717, 1.165) is 12.1 Å². The van der Waals surface area contributed by atoms with Gasteiger partial charge in [0.15, 0.2) is 8.32 Å². The van der Waals surface area contributed by atoms with Crippen molar-refractivity contribution in [3.63, 3.8) is 0 Å². The number of benzene rings is 1. The Bertz CT molecular complexity index is 568. The van der Waals surface area contributed by atoms with Crippen molar-refractivity contribution < 1.29 is 32.2 Å². The van der Waals surface area contributed by atoms with Gasteiger partial charge in [0.2, 0.25) is 0 Å². The highest BCUT2D eigenvalue weighted by molar-refractivity contribution is 6.74. The number of halogens is 3. The lowest BCUT2D eigenvalue weighted by atomic mass is 10.2. The molecule has 1 rings (SSSR count). The third-order valence-corrected chi connectivity index (χ3v) is 8.68. The van der Waals surface area contributed by atoms with Crippen LogP contribution >= 0.6 is 0 Å². The Labute approximate surface area is 148 Å². The van der Waals surface area contributed by atoms with Gasteiger partial charge < -0.3 is 19.0 Å². The van der Waals surface area contributed by atoms with Gasteiger partial charge in [-0.3, -0.25) is 0 Å². The molecule has 1 aromatic carbocycles. The van der Waals surface area contributed by atoms with E-state index in [1.54, 1.807) is 6.92 Å². The summed E-state index contributed by atoms with van der Waals surface area (Å²) in [5.74, 6) is -0.233. The molecule has 0 aliphatic rings. The fourth-order valence-corrected chi connectivity index (χ4v) is 2.88. The minimum absolute atomic E-state index is 0.0528. The second-order valence-electron chi connectivity index (χ2n) is 7.52. The molecule has 0 amide bonds. The molecule has 0 aliphatic carbocycles. The Morgan fingerprint density at radius 1 is 1.08 bits per heavy atom. The third-order valence-electron chi connectivity index (χ3n) is 4.18. The first-order valence-corrected chi connectivity index (χ1v) is 11.0. The van der Waals surface area contributed by atoms with Gasteiger partial charge in [-0.15, -0.1) is 13.2 Å². The molecule has 144 valence electrons. The highest BCUT2D eigenvalue weighted by Gasteiger charge is 2.37. The van der Waals surface area contributed by atoms with E-state index in [1.807, 2.05) is 0 Å². The van der Waals surface area contributed by atoms with Gasteiger partial charge in [-0.2, -0.15) is 0 Å². The van der Waals surface area contributed by atoms with E-state index >= 15 is 0 Å². The quantitative estimate of drug-likeness (QED) is 0.686. The van der Waals surface area contributed by atoms with E-state index in [0.29, 0.717) is 6.61 Å². The molecule has 0 unspecified atom stereocenters. The Hall–Kier alpha value is -1.25. The summed E-state index contributed by atoms with van der Waals surface area (Å²) < 4.78 is 52.8. The smallest absolute Gasteiger partial charge is 0.488 e. The van der Waals surface area contributed by atoms with Crippen LogP contribution in [0.1, 0.15) is 33.3 Å². The average molecular weight is 380 g/mol. The van der Waals surface area contributed by atoms with Gasteiger partial charge >= 0.3 is 6.36 Å². The summed E-state index contributed by atoms with van der Waals surface area (Å²) >= 11 is 0. The second kappa shape index (κ2) is 7.97. The van der Waals surface area contributed by atoms with E-state index in [9.17, 15) is 18.3 Å². The summed E-state index contributed by atoms with van der Waals surface area (Å²) in [5, 5.41) is 9.26.